The van der Waals surface area contributed by atoms with Crippen molar-refractivity contribution in [3.8, 4) is 46.0 Å². The van der Waals surface area contributed by atoms with Gasteiger partial charge in [-0.1, -0.05) is 24.3 Å². The van der Waals surface area contributed by atoms with E-state index in [1.807, 2.05) is 54.6 Å². The van der Waals surface area contributed by atoms with Crippen LogP contribution < -0.4 is 33.2 Å². The predicted octanol–water partition coefficient (Wildman–Crippen LogP) is 7.10. The van der Waals surface area contributed by atoms with Crippen molar-refractivity contribution in [1.29, 1.82) is 0 Å². The molecule has 0 bridgehead atoms. The number of hydrogen-bond donors (Lipinski definition) is 0. The highest BCUT2D eigenvalue weighted by Gasteiger charge is 2.16. The van der Waals surface area contributed by atoms with Crippen LogP contribution in [0, 0.1) is 0 Å². The topological polar surface area (TPSA) is 64.6 Å². The van der Waals surface area contributed by atoms with Crippen LogP contribution in [0.3, 0.4) is 0 Å². The minimum Gasteiger partial charge on any atom is -0.497 e. The van der Waals surface area contributed by atoms with Gasteiger partial charge >= 0.3 is 0 Å². The van der Waals surface area contributed by atoms with Crippen molar-refractivity contribution in [2.75, 3.05) is 42.7 Å². The second kappa shape index (κ2) is 14.2. The quantitative estimate of drug-likeness (QED) is 0.164. The van der Waals surface area contributed by atoms with Crippen LogP contribution in [0.15, 0.2) is 72.8 Å². The smallest absolute Gasteiger partial charge is 0.170 e. The standard InChI is InChI=1S/C34H38O7/c1-35-27-9-7-8-23(18-27)12-15-26-21-34(33(40-6)22-30(26)37-3)41-29-17-14-25(20-32(29)39-5)11-10-24-13-16-28(36-2)31(19-24)38-4/h7-9,13-14,16-22H,10-12,15H2,1-6H3. The van der Waals surface area contributed by atoms with Crippen LogP contribution in [-0.4, -0.2) is 42.7 Å². The van der Waals surface area contributed by atoms with Crippen molar-refractivity contribution in [3.05, 3.63) is 95.1 Å². The van der Waals surface area contributed by atoms with Gasteiger partial charge in [-0.2, -0.15) is 0 Å². The molecule has 0 aliphatic carbocycles. The molecule has 0 spiro atoms. The summed E-state index contributed by atoms with van der Waals surface area (Å²) in [6.07, 6.45) is 3.24. The highest BCUT2D eigenvalue weighted by atomic mass is 16.5. The first-order chi connectivity index (χ1) is 20.0. The zero-order valence-corrected chi connectivity index (χ0v) is 24.6. The van der Waals surface area contributed by atoms with Crippen molar-refractivity contribution in [2.45, 2.75) is 25.7 Å². The maximum Gasteiger partial charge on any atom is 0.170 e. The Kier molecular flexibility index (Phi) is 10.2. The molecule has 4 aromatic rings. The Hall–Kier alpha value is -4.52. The van der Waals surface area contributed by atoms with Gasteiger partial charge in [-0.05, 0) is 90.4 Å². The Morgan fingerprint density at radius 2 is 0.927 bits per heavy atom. The van der Waals surface area contributed by atoms with Crippen LogP contribution in [0.5, 0.6) is 46.0 Å². The second-order valence-electron chi connectivity index (χ2n) is 9.44. The number of benzene rings is 4. The van der Waals surface area contributed by atoms with E-state index in [0.717, 1.165) is 65.4 Å². The highest BCUT2D eigenvalue weighted by molar-refractivity contribution is 5.54. The van der Waals surface area contributed by atoms with Gasteiger partial charge in [-0.3, -0.25) is 0 Å². The van der Waals surface area contributed by atoms with Gasteiger partial charge in [0, 0.05) is 6.07 Å². The maximum atomic E-state index is 6.37. The summed E-state index contributed by atoms with van der Waals surface area (Å²) in [5.41, 5.74) is 4.47. The Bertz CT molecular complexity index is 1450. The van der Waals surface area contributed by atoms with Gasteiger partial charge in [0.2, 0.25) is 0 Å². The molecule has 0 radical (unpaired) electrons. The SMILES string of the molecule is COc1cccc(CCc2cc(Oc3ccc(CCc4ccc(OC)c(OC)c4)cc3OC)c(OC)cc2OC)c1. The fourth-order valence-electron chi connectivity index (χ4n) is 4.71. The summed E-state index contributed by atoms with van der Waals surface area (Å²) in [6, 6.07) is 23.9. The molecule has 0 aliphatic rings. The number of aryl methyl sites for hydroxylation is 4. The van der Waals surface area contributed by atoms with Crippen LogP contribution in [-0.2, 0) is 25.7 Å². The fourth-order valence-corrected chi connectivity index (χ4v) is 4.71. The first kappa shape index (κ1) is 29.5. The molecule has 0 aliphatic heterocycles. The summed E-state index contributed by atoms with van der Waals surface area (Å²) in [7, 11) is 9.88. The highest BCUT2D eigenvalue weighted by Crippen LogP contribution is 2.41. The lowest BCUT2D eigenvalue weighted by atomic mass is 10.0. The molecule has 7 heteroatoms. The molecular weight excluding hydrogens is 520 g/mol. The number of ether oxygens (including phenoxy) is 7. The summed E-state index contributed by atoms with van der Waals surface area (Å²) in [4.78, 5) is 0. The van der Waals surface area contributed by atoms with Gasteiger partial charge < -0.3 is 33.2 Å². The molecule has 7 nitrogen and oxygen atoms in total. The molecule has 0 heterocycles. The third kappa shape index (κ3) is 7.37. The van der Waals surface area contributed by atoms with E-state index in [1.54, 1.807) is 42.7 Å². The van der Waals surface area contributed by atoms with Crippen molar-refractivity contribution >= 4 is 0 Å². The Morgan fingerprint density at radius 1 is 0.390 bits per heavy atom. The number of rotatable bonds is 14. The molecule has 0 aromatic heterocycles. The lowest BCUT2D eigenvalue weighted by Crippen LogP contribution is -2.00. The first-order valence-corrected chi connectivity index (χ1v) is 13.4. The summed E-state index contributed by atoms with van der Waals surface area (Å²) >= 11 is 0. The monoisotopic (exact) mass is 558 g/mol. The predicted molar refractivity (Wildman–Crippen MR) is 160 cm³/mol. The fraction of sp³-hybridized carbons (Fsp3) is 0.294. The Labute approximate surface area is 242 Å². The van der Waals surface area contributed by atoms with E-state index in [0.29, 0.717) is 23.0 Å². The summed E-state index contributed by atoms with van der Waals surface area (Å²) in [6.45, 7) is 0. The zero-order valence-electron chi connectivity index (χ0n) is 24.6. The van der Waals surface area contributed by atoms with Crippen LogP contribution in [0.2, 0.25) is 0 Å². The van der Waals surface area contributed by atoms with E-state index < -0.39 is 0 Å². The third-order valence-electron chi connectivity index (χ3n) is 6.98. The zero-order chi connectivity index (χ0) is 29.2. The van der Waals surface area contributed by atoms with Crippen LogP contribution >= 0.6 is 0 Å². The van der Waals surface area contributed by atoms with Crippen molar-refractivity contribution < 1.29 is 33.2 Å². The summed E-state index contributed by atoms with van der Waals surface area (Å²) < 4.78 is 39.6. The average Bonchev–Trinajstić information content (AvgIpc) is 3.03. The molecule has 0 unspecified atom stereocenters. The number of methoxy groups -OCH3 is 6. The van der Waals surface area contributed by atoms with Crippen molar-refractivity contribution in [2.24, 2.45) is 0 Å². The summed E-state index contributed by atoms with van der Waals surface area (Å²) in [5.74, 6) is 5.44. The minimum absolute atomic E-state index is 0.576. The lowest BCUT2D eigenvalue weighted by molar-refractivity contribution is 0.350. The Balaban J connectivity index is 1.52. The largest absolute Gasteiger partial charge is 0.497 e. The van der Waals surface area contributed by atoms with E-state index in [1.165, 1.54) is 5.56 Å². The van der Waals surface area contributed by atoms with Crippen LogP contribution in [0.25, 0.3) is 0 Å². The van der Waals surface area contributed by atoms with E-state index in [-0.39, 0.29) is 0 Å². The van der Waals surface area contributed by atoms with Crippen molar-refractivity contribution in [1.82, 2.24) is 0 Å². The van der Waals surface area contributed by atoms with Gasteiger partial charge in [0.05, 0.1) is 42.7 Å². The molecule has 216 valence electrons. The van der Waals surface area contributed by atoms with E-state index in [4.69, 9.17) is 33.2 Å². The van der Waals surface area contributed by atoms with Gasteiger partial charge in [0.1, 0.15) is 11.5 Å². The lowest BCUT2D eigenvalue weighted by Gasteiger charge is -2.17. The first-order valence-electron chi connectivity index (χ1n) is 13.4. The molecule has 0 atom stereocenters. The minimum atomic E-state index is 0.576. The molecule has 4 rings (SSSR count). The van der Waals surface area contributed by atoms with E-state index >= 15 is 0 Å². The Morgan fingerprint density at radius 3 is 1.54 bits per heavy atom. The van der Waals surface area contributed by atoms with Crippen molar-refractivity contribution in [3.63, 3.8) is 0 Å². The van der Waals surface area contributed by atoms with Gasteiger partial charge in [-0.25, -0.2) is 0 Å². The normalized spacial score (nSPS) is 10.6. The van der Waals surface area contributed by atoms with Crippen LogP contribution in [0.1, 0.15) is 22.3 Å². The average molecular weight is 559 g/mol. The number of hydrogen-bond acceptors (Lipinski definition) is 7. The third-order valence-corrected chi connectivity index (χ3v) is 6.98. The molecular formula is C34H38O7. The van der Waals surface area contributed by atoms with Crippen LogP contribution in [0.4, 0.5) is 0 Å². The van der Waals surface area contributed by atoms with Gasteiger partial charge in [0.25, 0.3) is 0 Å². The molecule has 0 fully saturated rings. The molecule has 0 saturated heterocycles. The summed E-state index contributed by atoms with van der Waals surface area (Å²) in [5, 5.41) is 0. The van der Waals surface area contributed by atoms with E-state index in [2.05, 4.69) is 18.2 Å². The second-order valence-corrected chi connectivity index (χ2v) is 9.44. The van der Waals surface area contributed by atoms with E-state index in [9.17, 15) is 0 Å². The molecule has 41 heavy (non-hydrogen) atoms. The maximum absolute atomic E-state index is 6.37. The van der Waals surface area contributed by atoms with Gasteiger partial charge in [0.15, 0.2) is 34.5 Å². The molecule has 0 amide bonds. The van der Waals surface area contributed by atoms with Gasteiger partial charge in [-0.15, -0.1) is 0 Å². The molecule has 4 aromatic carbocycles. The molecule has 0 N–H and O–H groups in total. The molecule has 0 saturated carbocycles.